The van der Waals surface area contributed by atoms with E-state index in [4.69, 9.17) is 5.73 Å². The van der Waals surface area contributed by atoms with Gasteiger partial charge in [0.15, 0.2) is 0 Å². The molecule has 6 heteroatoms. The van der Waals surface area contributed by atoms with Crippen molar-refractivity contribution in [3.8, 4) is 0 Å². The average molecular weight is 256 g/mol. The third-order valence-corrected chi connectivity index (χ3v) is 3.08. The summed E-state index contributed by atoms with van der Waals surface area (Å²) >= 11 is 1.70. The van der Waals surface area contributed by atoms with Crippen LogP contribution in [0.3, 0.4) is 0 Å². The molecule has 1 amide bonds. The van der Waals surface area contributed by atoms with Crippen LogP contribution in [0, 0.1) is 0 Å². The number of amides is 1. The van der Waals surface area contributed by atoms with E-state index in [1.807, 2.05) is 19.5 Å². The largest absolute Gasteiger partial charge is 0.354 e. The zero-order valence-electron chi connectivity index (χ0n) is 10.3. The molecule has 1 heterocycles. The SMILES string of the molecule is CSCC[C@H](N)C(=O)NCCc1cnn(C)c1. The molecule has 0 fully saturated rings. The molecule has 0 unspecified atom stereocenters. The van der Waals surface area contributed by atoms with Crippen molar-refractivity contribution in [2.45, 2.75) is 18.9 Å². The van der Waals surface area contributed by atoms with Crippen LogP contribution in [0.4, 0.5) is 0 Å². The van der Waals surface area contributed by atoms with Crippen molar-refractivity contribution in [3.05, 3.63) is 18.0 Å². The number of hydrogen-bond acceptors (Lipinski definition) is 4. The smallest absolute Gasteiger partial charge is 0.236 e. The molecule has 0 saturated heterocycles. The number of thioether (sulfide) groups is 1. The van der Waals surface area contributed by atoms with Crippen LogP contribution in [-0.4, -0.2) is 40.3 Å². The molecule has 0 radical (unpaired) electrons. The van der Waals surface area contributed by atoms with Crippen LogP contribution < -0.4 is 11.1 Å². The van der Waals surface area contributed by atoms with Crippen LogP contribution in [0.2, 0.25) is 0 Å². The van der Waals surface area contributed by atoms with Crippen LogP contribution >= 0.6 is 11.8 Å². The fraction of sp³-hybridized carbons (Fsp3) is 0.636. The van der Waals surface area contributed by atoms with Gasteiger partial charge in [0.25, 0.3) is 0 Å². The van der Waals surface area contributed by atoms with E-state index in [1.165, 1.54) is 0 Å². The number of carbonyl (C=O) groups is 1. The second kappa shape index (κ2) is 7.34. The molecule has 0 bridgehead atoms. The van der Waals surface area contributed by atoms with Gasteiger partial charge in [-0.3, -0.25) is 9.48 Å². The summed E-state index contributed by atoms with van der Waals surface area (Å²) < 4.78 is 1.75. The Labute approximate surface area is 106 Å². The van der Waals surface area contributed by atoms with E-state index < -0.39 is 6.04 Å². The molecule has 0 saturated carbocycles. The molecule has 1 aromatic heterocycles. The second-order valence-electron chi connectivity index (χ2n) is 3.95. The van der Waals surface area contributed by atoms with Gasteiger partial charge < -0.3 is 11.1 Å². The molecule has 96 valence electrons. The normalized spacial score (nSPS) is 12.4. The Bertz CT molecular complexity index is 353. The van der Waals surface area contributed by atoms with Crippen molar-refractivity contribution in [2.75, 3.05) is 18.6 Å². The molecular weight excluding hydrogens is 236 g/mol. The summed E-state index contributed by atoms with van der Waals surface area (Å²) in [7, 11) is 1.88. The molecule has 1 aromatic rings. The Morgan fingerprint density at radius 3 is 3.06 bits per heavy atom. The molecule has 17 heavy (non-hydrogen) atoms. The van der Waals surface area contributed by atoms with Gasteiger partial charge in [-0.15, -0.1) is 0 Å². The van der Waals surface area contributed by atoms with Gasteiger partial charge in [0.05, 0.1) is 12.2 Å². The number of aryl methyl sites for hydroxylation is 1. The lowest BCUT2D eigenvalue weighted by atomic mass is 10.2. The van der Waals surface area contributed by atoms with Crippen LogP contribution in [-0.2, 0) is 18.3 Å². The first-order chi connectivity index (χ1) is 8.13. The average Bonchev–Trinajstić information content (AvgIpc) is 2.71. The lowest BCUT2D eigenvalue weighted by molar-refractivity contribution is -0.122. The van der Waals surface area contributed by atoms with Crippen LogP contribution in [0.5, 0.6) is 0 Å². The van der Waals surface area contributed by atoms with E-state index in [2.05, 4.69) is 10.4 Å². The van der Waals surface area contributed by atoms with Crippen molar-refractivity contribution < 1.29 is 4.79 Å². The van der Waals surface area contributed by atoms with E-state index >= 15 is 0 Å². The van der Waals surface area contributed by atoms with Crippen LogP contribution in [0.15, 0.2) is 12.4 Å². The fourth-order valence-electron chi connectivity index (χ4n) is 1.44. The summed E-state index contributed by atoms with van der Waals surface area (Å²) in [5, 5.41) is 6.91. The van der Waals surface area contributed by atoms with Crippen molar-refractivity contribution in [3.63, 3.8) is 0 Å². The van der Waals surface area contributed by atoms with Crippen molar-refractivity contribution in [1.29, 1.82) is 0 Å². The van der Waals surface area contributed by atoms with Gasteiger partial charge in [0, 0.05) is 19.8 Å². The number of rotatable bonds is 7. The zero-order chi connectivity index (χ0) is 12.7. The number of aromatic nitrogens is 2. The Morgan fingerprint density at radius 2 is 2.47 bits per heavy atom. The van der Waals surface area contributed by atoms with E-state index in [9.17, 15) is 4.79 Å². The Balaban J connectivity index is 2.19. The van der Waals surface area contributed by atoms with E-state index in [-0.39, 0.29) is 5.91 Å². The highest BCUT2D eigenvalue weighted by Gasteiger charge is 2.11. The molecule has 0 spiro atoms. The van der Waals surface area contributed by atoms with Crippen LogP contribution in [0.1, 0.15) is 12.0 Å². The number of nitrogens with one attached hydrogen (secondary N) is 1. The number of nitrogens with zero attached hydrogens (tertiary/aromatic N) is 2. The molecule has 0 aliphatic heterocycles. The minimum absolute atomic E-state index is 0.0667. The predicted octanol–water partition coefficient (Wildman–Crippen LogP) is 0.159. The van der Waals surface area contributed by atoms with Gasteiger partial charge in [0.1, 0.15) is 0 Å². The summed E-state index contributed by atoms with van der Waals surface area (Å²) in [6.07, 6.45) is 7.27. The standard InChI is InChI=1S/C11H20N4OS/c1-15-8-9(7-14-15)3-5-13-11(16)10(12)4-6-17-2/h7-8,10H,3-6,12H2,1-2H3,(H,13,16)/t10-/m0/s1. The third-order valence-electron chi connectivity index (χ3n) is 2.44. The maximum atomic E-state index is 11.6. The molecular formula is C11H20N4OS. The monoisotopic (exact) mass is 256 g/mol. The lowest BCUT2D eigenvalue weighted by Gasteiger charge is -2.10. The molecule has 0 aliphatic carbocycles. The van der Waals surface area contributed by atoms with E-state index in [1.54, 1.807) is 22.6 Å². The molecule has 3 N–H and O–H groups in total. The molecule has 0 aromatic carbocycles. The van der Waals surface area contributed by atoms with Gasteiger partial charge in [-0.05, 0) is 30.4 Å². The van der Waals surface area contributed by atoms with Crippen molar-refractivity contribution in [1.82, 2.24) is 15.1 Å². The van der Waals surface area contributed by atoms with Gasteiger partial charge >= 0.3 is 0 Å². The number of nitrogens with two attached hydrogens (primary N) is 1. The maximum absolute atomic E-state index is 11.6. The van der Waals surface area contributed by atoms with E-state index in [0.717, 1.165) is 24.2 Å². The summed E-state index contributed by atoms with van der Waals surface area (Å²) in [5.74, 6) is 0.847. The summed E-state index contributed by atoms with van der Waals surface area (Å²) in [6, 6.07) is -0.392. The van der Waals surface area contributed by atoms with Crippen LogP contribution in [0.25, 0.3) is 0 Å². The lowest BCUT2D eigenvalue weighted by Crippen LogP contribution is -2.41. The second-order valence-corrected chi connectivity index (χ2v) is 4.94. The topological polar surface area (TPSA) is 72.9 Å². The quantitative estimate of drug-likeness (QED) is 0.729. The summed E-state index contributed by atoms with van der Waals surface area (Å²) in [4.78, 5) is 11.6. The molecule has 0 aliphatic rings. The number of hydrogen-bond donors (Lipinski definition) is 2. The first-order valence-electron chi connectivity index (χ1n) is 5.63. The number of carbonyl (C=O) groups excluding carboxylic acids is 1. The summed E-state index contributed by atoms with van der Waals surface area (Å²) in [5.41, 5.74) is 6.86. The minimum atomic E-state index is -0.392. The zero-order valence-corrected chi connectivity index (χ0v) is 11.2. The third kappa shape index (κ3) is 5.23. The van der Waals surface area contributed by atoms with Gasteiger partial charge in [-0.2, -0.15) is 16.9 Å². The Hall–Kier alpha value is -1.01. The highest BCUT2D eigenvalue weighted by atomic mass is 32.2. The Kier molecular flexibility index (Phi) is 6.07. The fourth-order valence-corrected chi connectivity index (χ4v) is 1.93. The first-order valence-corrected chi connectivity index (χ1v) is 7.02. The van der Waals surface area contributed by atoms with Gasteiger partial charge in [-0.1, -0.05) is 0 Å². The molecule has 1 rings (SSSR count). The molecule has 1 atom stereocenters. The summed E-state index contributed by atoms with van der Waals surface area (Å²) in [6.45, 7) is 0.609. The highest BCUT2D eigenvalue weighted by Crippen LogP contribution is 1.99. The molecule has 5 nitrogen and oxygen atoms in total. The van der Waals surface area contributed by atoms with Crippen molar-refractivity contribution >= 4 is 17.7 Å². The predicted molar refractivity (Wildman–Crippen MR) is 70.9 cm³/mol. The first kappa shape index (κ1) is 14.1. The minimum Gasteiger partial charge on any atom is -0.354 e. The maximum Gasteiger partial charge on any atom is 0.236 e. The van der Waals surface area contributed by atoms with Gasteiger partial charge in [0.2, 0.25) is 5.91 Å². The van der Waals surface area contributed by atoms with E-state index in [0.29, 0.717) is 6.54 Å². The Morgan fingerprint density at radius 1 is 1.71 bits per heavy atom. The van der Waals surface area contributed by atoms with Crippen molar-refractivity contribution in [2.24, 2.45) is 12.8 Å². The highest BCUT2D eigenvalue weighted by molar-refractivity contribution is 7.98. The van der Waals surface area contributed by atoms with Gasteiger partial charge in [-0.25, -0.2) is 0 Å².